The minimum atomic E-state index is -3.57. The first-order chi connectivity index (χ1) is 10.1. The lowest BCUT2D eigenvalue weighted by Gasteiger charge is -2.03. The van der Waals surface area contributed by atoms with Gasteiger partial charge in [0, 0.05) is 19.2 Å². The third-order valence-electron chi connectivity index (χ3n) is 2.99. The molecule has 0 fully saturated rings. The zero-order valence-corrected chi connectivity index (χ0v) is 12.1. The maximum absolute atomic E-state index is 12.0. The van der Waals surface area contributed by atoms with E-state index in [9.17, 15) is 8.42 Å². The van der Waals surface area contributed by atoms with Crippen molar-refractivity contribution in [1.29, 1.82) is 0 Å². The molecular formula is C12H14N6O2S. The van der Waals surface area contributed by atoms with Crippen LogP contribution in [0.4, 0.5) is 0 Å². The van der Waals surface area contributed by atoms with Gasteiger partial charge < -0.3 is 4.98 Å². The Morgan fingerprint density at radius 3 is 2.95 bits per heavy atom. The molecule has 110 valence electrons. The highest BCUT2D eigenvalue weighted by Gasteiger charge is 2.16. The van der Waals surface area contributed by atoms with Gasteiger partial charge in [0.25, 0.3) is 10.0 Å². The highest BCUT2D eigenvalue weighted by molar-refractivity contribution is 7.89. The maximum atomic E-state index is 12.0. The van der Waals surface area contributed by atoms with Crippen LogP contribution in [0.15, 0.2) is 35.6 Å². The quantitative estimate of drug-likeness (QED) is 0.704. The van der Waals surface area contributed by atoms with Crippen molar-refractivity contribution in [3.05, 3.63) is 42.2 Å². The number of aromatic nitrogens is 5. The summed E-state index contributed by atoms with van der Waals surface area (Å²) in [5, 5.41) is 8.13. The number of fused-ring (bicyclic) bond motifs is 1. The molecule has 21 heavy (non-hydrogen) atoms. The van der Waals surface area contributed by atoms with Crippen molar-refractivity contribution in [3.8, 4) is 0 Å². The van der Waals surface area contributed by atoms with Crippen LogP contribution in [-0.4, -0.2) is 39.5 Å². The molecule has 3 rings (SSSR count). The van der Waals surface area contributed by atoms with Crippen LogP contribution in [0.5, 0.6) is 0 Å². The Bertz CT molecular complexity index is 867. The molecule has 9 heteroatoms. The number of hydrogen-bond acceptors (Lipinski definition) is 5. The summed E-state index contributed by atoms with van der Waals surface area (Å²) in [6.07, 6.45) is 3.58. The van der Waals surface area contributed by atoms with Crippen LogP contribution in [0.25, 0.3) is 5.65 Å². The number of H-pyrrole nitrogens is 1. The van der Waals surface area contributed by atoms with E-state index in [1.54, 1.807) is 6.92 Å². The summed E-state index contributed by atoms with van der Waals surface area (Å²) in [5.41, 5.74) is 0.736. The van der Waals surface area contributed by atoms with Crippen LogP contribution >= 0.6 is 0 Å². The van der Waals surface area contributed by atoms with Gasteiger partial charge in [-0.05, 0) is 19.1 Å². The minimum Gasteiger partial charge on any atom is -0.332 e. The Morgan fingerprint density at radius 2 is 2.19 bits per heavy atom. The topological polar surface area (TPSA) is 105 Å². The fourth-order valence-corrected chi connectivity index (χ4v) is 2.97. The Kier molecular flexibility index (Phi) is 3.43. The molecule has 0 unspecified atom stereocenters. The first kappa shape index (κ1) is 13.7. The van der Waals surface area contributed by atoms with E-state index in [2.05, 4.69) is 24.9 Å². The van der Waals surface area contributed by atoms with E-state index in [1.165, 1.54) is 6.20 Å². The van der Waals surface area contributed by atoms with E-state index in [1.807, 2.05) is 28.8 Å². The molecule has 3 heterocycles. The van der Waals surface area contributed by atoms with Gasteiger partial charge in [-0.2, -0.15) is 0 Å². The van der Waals surface area contributed by atoms with Gasteiger partial charge in [0.15, 0.2) is 10.7 Å². The smallest absolute Gasteiger partial charge is 0.257 e. The van der Waals surface area contributed by atoms with Crippen LogP contribution in [0.3, 0.4) is 0 Å². The predicted molar refractivity (Wildman–Crippen MR) is 75.2 cm³/mol. The van der Waals surface area contributed by atoms with E-state index in [0.29, 0.717) is 18.1 Å². The van der Waals surface area contributed by atoms with Crippen LogP contribution in [-0.2, 0) is 16.4 Å². The van der Waals surface area contributed by atoms with E-state index in [0.717, 1.165) is 5.65 Å². The zero-order valence-electron chi connectivity index (χ0n) is 11.3. The third-order valence-corrected chi connectivity index (χ3v) is 4.36. The molecule has 0 bridgehead atoms. The van der Waals surface area contributed by atoms with Crippen molar-refractivity contribution in [1.82, 2.24) is 29.3 Å². The monoisotopic (exact) mass is 306 g/mol. The maximum Gasteiger partial charge on any atom is 0.257 e. The van der Waals surface area contributed by atoms with Crippen LogP contribution in [0.1, 0.15) is 11.6 Å². The summed E-state index contributed by atoms with van der Waals surface area (Å²) in [5.74, 6) is 1.26. The average molecular weight is 306 g/mol. The zero-order chi connectivity index (χ0) is 14.9. The molecule has 0 saturated heterocycles. The first-order valence-electron chi connectivity index (χ1n) is 6.36. The summed E-state index contributed by atoms with van der Waals surface area (Å²) in [7, 11) is -3.57. The molecule has 0 atom stereocenters. The van der Waals surface area contributed by atoms with Crippen LogP contribution in [0, 0.1) is 6.92 Å². The molecule has 3 aromatic heterocycles. The van der Waals surface area contributed by atoms with Gasteiger partial charge >= 0.3 is 0 Å². The van der Waals surface area contributed by atoms with E-state index < -0.39 is 10.0 Å². The van der Waals surface area contributed by atoms with Gasteiger partial charge in [-0.25, -0.2) is 18.1 Å². The molecular weight excluding hydrogens is 292 g/mol. The lowest BCUT2D eigenvalue weighted by Crippen LogP contribution is -2.26. The Hall–Kier alpha value is -2.26. The number of aromatic amines is 1. The second kappa shape index (κ2) is 5.26. The van der Waals surface area contributed by atoms with Gasteiger partial charge in [-0.3, -0.25) is 4.40 Å². The van der Waals surface area contributed by atoms with Gasteiger partial charge in [-0.15, -0.1) is 10.2 Å². The second-order valence-corrected chi connectivity index (χ2v) is 6.26. The summed E-state index contributed by atoms with van der Waals surface area (Å²) in [6, 6.07) is 5.59. The standard InChI is InChI=1S/C12H14N6O2S/c1-9-13-8-12(15-9)21(19,20)14-6-5-11-17-16-10-4-2-3-7-18(10)11/h2-4,7-8,14H,5-6H2,1H3,(H,13,15). The van der Waals surface area contributed by atoms with Crippen molar-refractivity contribution in [2.45, 2.75) is 18.4 Å². The lowest BCUT2D eigenvalue weighted by molar-refractivity contribution is 0.577. The van der Waals surface area contributed by atoms with Gasteiger partial charge in [-0.1, -0.05) is 6.07 Å². The van der Waals surface area contributed by atoms with Crippen molar-refractivity contribution in [3.63, 3.8) is 0 Å². The van der Waals surface area contributed by atoms with Crippen LogP contribution in [0.2, 0.25) is 0 Å². The molecule has 0 amide bonds. The SMILES string of the molecule is Cc1ncc(S(=O)(=O)NCCc2nnc3ccccn23)[nH]1. The van der Waals surface area contributed by atoms with Crippen molar-refractivity contribution in [2.24, 2.45) is 0 Å². The number of rotatable bonds is 5. The van der Waals surface area contributed by atoms with Crippen molar-refractivity contribution in [2.75, 3.05) is 6.54 Å². The number of sulfonamides is 1. The first-order valence-corrected chi connectivity index (χ1v) is 7.84. The Morgan fingerprint density at radius 1 is 1.33 bits per heavy atom. The molecule has 3 aromatic rings. The molecule has 0 saturated carbocycles. The van der Waals surface area contributed by atoms with E-state index in [4.69, 9.17) is 0 Å². The van der Waals surface area contributed by atoms with Gasteiger partial charge in [0.2, 0.25) is 0 Å². The number of nitrogens with one attached hydrogen (secondary N) is 2. The fraction of sp³-hybridized carbons (Fsp3) is 0.250. The molecule has 0 aliphatic heterocycles. The summed E-state index contributed by atoms with van der Waals surface area (Å²) < 4.78 is 28.4. The number of imidazole rings is 1. The highest BCUT2D eigenvalue weighted by Crippen LogP contribution is 2.06. The van der Waals surface area contributed by atoms with E-state index >= 15 is 0 Å². The van der Waals surface area contributed by atoms with Crippen LogP contribution < -0.4 is 4.72 Å². The number of pyridine rings is 1. The average Bonchev–Trinajstić information content (AvgIpc) is 3.06. The second-order valence-electron chi connectivity index (χ2n) is 4.53. The normalized spacial score (nSPS) is 12.0. The molecule has 2 N–H and O–H groups in total. The van der Waals surface area contributed by atoms with Gasteiger partial charge in [0.05, 0.1) is 6.20 Å². The number of nitrogens with zero attached hydrogens (tertiary/aromatic N) is 4. The molecule has 8 nitrogen and oxygen atoms in total. The molecule has 0 spiro atoms. The summed E-state index contributed by atoms with van der Waals surface area (Å²) in [6.45, 7) is 1.93. The third kappa shape index (κ3) is 2.78. The van der Waals surface area contributed by atoms with E-state index in [-0.39, 0.29) is 11.6 Å². The molecule has 0 aliphatic rings. The fourth-order valence-electron chi connectivity index (χ4n) is 1.97. The largest absolute Gasteiger partial charge is 0.332 e. The summed E-state index contributed by atoms with van der Waals surface area (Å²) in [4.78, 5) is 6.58. The number of aryl methyl sites for hydroxylation is 1. The number of hydrogen-bond donors (Lipinski definition) is 2. The molecule has 0 aliphatic carbocycles. The minimum absolute atomic E-state index is 0.0612. The summed E-state index contributed by atoms with van der Waals surface area (Å²) >= 11 is 0. The predicted octanol–water partition coefficient (Wildman–Crippen LogP) is 0.282. The molecule has 0 radical (unpaired) electrons. The van der Waals surface area contributed by atoms with Crippen molar-refractivity contribution < 1.29 is 8.42 Å². The molecule has 0 aromatic carbocycles. The highest BCUT2D eigenvalue weighted by atomic mass is 32.2. The lowest BCUT2D eigenvalue weighted by atomic mass is 10.4. The van der Waals surface area contributed by atoms with Crippen molar-refractivity contribution >= 4 is 15.7 Å². The Labute approximate surface area is 121 Å². The van der Waals surface area contributed by atoms with Gasteiger partial charge in [0.1, 0.15) is 11.6 Å². The Balaban J connectivity index is 1.69.